The van der Waals surface area contributed by atoms with Gasteiger partial charge in [-0.3, -0.25) is 14.4 Å². The van der Waals surface area contributed by atoms with E-state index in [-0.39, 0.29) is 16.9 Å². The molecular weight excluding hydrogens is 652 g/mol. The molecule has 1 unspecified atom stereocenters. The van der Waals surface area contributed by atoms with Crippen molar-refractivity contribution in [2.45, 2.75) is 72.8 Å². The predicted octanol–water partition coefficient (Wildman–Crippen LogP) is 8.62. The molecule has 0 bridgehead atoms. The van der Waals surface area contributed by atoms with Crippen LogP contribution in [-0.2, 0) is 20.8 Å². The van der Waals surface area contributed by atoms with E-state index in [1.807, 2.05) is 51.1 Å². The monoisotopic (exact) mass is 698 g/mol. The highest BCUT2D eigenvalue weighted by atomic mass is 16.3. The van der Waals surface area contributed by atoms with Crippen LogP contribution >= 0.6 is 0 Å². The van der Waals surface area contributed by atoms with Crippen molar-refractivity contribution < 1.29 is 34.8 Å². The smallest absolute Gasteiger partial charge is 0.203 e. The first-order valence-electron chi connectivity index (χ1n) is 18.1. The summed E-state index contributed by atoms with van der Waals surface area (Å²) in [5.74, 6) is -6.36. The molecule has 7 nitrogen and oxygen atoms in total. The number of carbonyl (C=O) groups is 3. The van der Waals surface area contributed by atoms with Gasteiger partial charge in [-0.2, -0.15) is 0 Å². The Morgan fingerprint density at radius 3 is 2.12 bits per heavy atom. The molecule has 0 spiro atoms. The minimum absolute atomic E-state index is 0.121. The summed E-state index contributed by atoms with van der Waals surface area (Å²) in [5.41, 5.74) is 0.845. The van der Waals surface area contributed by atoms with E-state index in [9.17, 15) is 34.8 Å². The number of phenols is 1. The average molecular weight is 699 g/mol. The zero-order chi connectivity index (χ0) is 37.7. The van der Waals surface area contributed by atoms with Crippen molar-refractivity contribution in [2.75, 3.05) is 0 Å². The van der Waals surface area contributed by atoms with E-state index in [1.54, 1.807) is 20.8 Å². The van der Waals surface area contributed by atoms with Crippen molar-refractivity contribution in [1.82, 2.24) is 0 Å². The van der Waals surface area contributed by atoms with Crippen LogP contribution in [0.15, 0.2) is 101 Å². The summed E-state index contributed by atoms with van der Waals surface area (Å²) >= 11 is 0. The van der Waals surface area contributed by atoms with Crippen molar-refractivity contribution in [2.24, 2.45) is 28.6 Å². The number of carbonyl (C=O) groups excluding carboxylic acids is 3. The molecule has 52 heavy (non-hydrogen) atoms. The molecule has 7 heteroatoms. The van der Waals surface area contributed by atoms with Crippen LogP contribution in [0.25, 0.3) is 22.5 Å². The fourth-order valence-electron chi connectivity index (χ4n) is 10.2. The van der Waals surface area contributed by atoms with E-state index in [4.69, 9.17) is 0 Å². The van der Waals surface area contributed by atoms with Crippen LogP contribution in [0.2, 0.25) is 0 Å². The Morgan fingerprint density at radius 1 is 0.885 bits per heavy atom. The Morgan fingerprint density at radius 2 is 1.50 bits per heavy atom. The molecule has 4 N–H and O–H groups in total. The Labute approximate surface area is 304 Å². The third-order valence-electron chi connectivity index (χ3n) is 13.3. The van der Waals surface area contributed by atoms with E-state index in [0.717, 1.165) is 34.8 Å². The number of phenolic OH excluding ortho intramolecular Hbond substituents is 1. The van der Waals surface area contributed by atoms with Gasteiger partial charge in [-0.15, -0.1) is 0 Å². The second-order valence-corrected chi connectivity index (χ2v) is 16.0. The van der Waals surface area contributed by atoms with Crippen LogP contribution in [0.3, 0.4) is 0 Å². The molecule has 0 aliphatic heterocycles. The van der Waals surface area contributed by atoms with Crippen LogP contribution < -0.4 is 0 Å². The van der Waals surface area contributed by atoms with Gasteiger partial charge in [-0.05, 0) is 70.9 Å². The highest BCUT2D eigenvalue weighted by molar-refractivity contribution is 6.24. The summed E-state index contributed by atoms with van der Waals surface area (Å²) in [6.45, 7) is 12.0. The van der Waals surface area contributed by atoms with Crippen molar-refractivity contribution in [3.63, 3.8) is 0 Å². The van der Waals surface area contributed by atoms with E-state index in [1.165, 1.54) is 0 Å². The van der Waals surface area contributed by atoms with E-state index < -0.39 is 74.5 Å². The van der Waals surface area contributed by atoms with Gasteiger partial charge in [-0.25, -0.2) is 0 Å². The lowest BCUT2D eigenvalue weighted by Gasteiger charge is -2.64. The topological polar surface area (TPSA) is 132 Å². The minimum atomic E-state index is -2.67. The molecule has 1 fully saturated rings. The quantitative estimate of drug-likeness (QED) is 0.190. The van der Waals surface area contributed by atoms with Crippen LogP contribution in [-0.4, -0.2) is 43.4 Å². The fourth-order valence-corrected chi connectivity index (χ4v) is 10.2. The summed E-state index contributed by atoms with van der Waals surface area (Å²) in [5, 5.41) is 48.0. The highest BCUT2D eigenvalue weighted by Gasteiger charge is 2.75. The first-order valence-corrected chi connectivity index (χ1v) is 18.1. The van der Waals surface area contributed by atoms with Gasteiger partial charge in [0.05, 0.1) is 5.56 Å². The molecule has 6 atom stereocenters. The fraction of sp³-hybridized carbons (Fsp3) is 0.356. The molecular formula is C45H46O7. The Kier molecular flexibility index (Phi) is 8.18. The number of rotatable bonds is 6. The van der Waals surface area contributed by atoms with E-state index in [2.05, 4.69) is 48.6 Å². The number of aromatic hydroxyl groups is 1. The third kappa shape index (κ3) is 4.57. The zero-order valence-electron chi connectivity index (χ0n) is 30.7. The molecule has 1 saturated carbocycles. The SMILES string of the molecule is CC(=O)C1=C(O)[C@]2(O)C(=O)C3=C(O)c4c(ccc(CC5=CC(c6ccc(-c7ccccc7)cc6)=CC5)c4O)[C@@H](C)[C@]3(C)[C@@H](C)[C@]2(C)C(C(C)C)C1=O. The molecule has 268 valence electrons. The average Bonchev–Trinajstić information content (AvgIpc) is 3.58. The summed E-state index contributed by atoms with van der Waals surface area (Å²) in [4.78, 5) is 41.5. The van der Waals surface area contributed by atoms with Crippen molar-refractivity contribution in [3.8, 4) is 16.9 Å². The van der Waals surface area contributed by atoms with Gasteiger partial charge < -0.3 is 20.4 Å². The Hall–Kier alpha value is -5.01. The lowest BCUT2D eigenvalue weighted by atomic mass is 9.38. The molecule has 4 aliphatic rings. The van der Waals surface area contributed by atoms with Gasteiger partial charge in [0, 0.05) is 22.3 Å². The van der Waals surface area contributed by atoms with Crippen LogP contribution in [0.4, 0.5) is 0 Å². The second-order valence-electron chi connectivity index (χ2n) is 16.0. The molecule has 0 saturated heterocycles. The first kappa shape index (κ1) is 35.4. The molecule has 4 aliphatic carbocycles. The number of allylic oxidation sites excluding steroid dienone is 5. The Bertz CT molecular complexity index is 2180. The van der Waals surface area contributed by atoms with Gasteiger partial charge in [0.1, 0.15) is 22.8 Å². The summed E-state index contributed by atoms with van der Waals surface area (Å²) in [6, 6.07) is 22.4. The van der Waals surface area contributed by atoms with Gasteiger partial charge in [0.2, 0.25) is 5.78 Å². The molecule has 0 amide bonds. The van der Waals surface area contributed by atoms with Gasteiger partial charge in [-0.1, -0.05) is 126 Å². The maximum atomic E-state index is 14.9. The number of benzene rings is 3. The van der Waals surface area contributed by atoms with Crippen molar-refractivity contribution in [3.05, 3.63) is 124 Å². The van der Waals surface area contributed by atoms with Gasteiger partial charge >= 0.3 is 0 Å². The van der Waals surface area contributed by atoms with Gasteiger partial charge in [0.25, 0.3) is 0 Å². The first-order chi connectivity index (χ1) is 24.5. The summed E-state index contributed by atoms with van der Waals surface area (Å²) in [7, 11) is 0. The summed E-state index contributed by atoms with van der Waals surface area (Å²) in [6.07, 6.45) is 5.37. The van der Waals surface area contributed by atoms with Crippen LogP contribution in [0.5, 0.6) is 5.75 Å². The van der Waals surface area contributed by atoms with Crippen molar-refractivity contribution in [1.29, 1.82) is 0 Å². The van der Waals surface area contributed by atoms with Crippen LogP contribution in [0, 0.1) is 28.6 Å². The summed E-state index contributed by atoms with van der Waals surface area (Å²) < 4.78 is 0. The number of hydrogen-bond acceptors (Lipinski definition) is 7. The number of Topliss-reactive ketones (excluding diaryl/α,β-unsaturated/α-hetero) is 3. The molecule has 0 heterocycles. The number of hydrogen-bond donors (Lipinski definition) is 4. The zero-order valence-corrected chi connectivity index (χ0v) is 30.7. The largest absolute Gasteiger partial charge is 0.508 e. The van der Waals surface area contributed by atoms with E-state index in [0.29, 0.717) is 24.0 Å². The Balaban J connectivity index is 1.28. The maximum absolute atomic E-state index is 14.9. The minimum Gasteiger partial charge on any atom is -0.508 e. The van der Waals surface area contributed by atoms with Gasteiger partial charge in [0.15, 0.2) is 17.2 Å². The molecule has 0 aromatic heterocycles. The number of ketones is 3. The second kappa shape index (κ2) is 12.0. The number of fused-ring (bicyclic) bond motifs is 3. The number of aliphatic hydroxyl groups is 3. The lowest BCUT2D eigenvalue weighted by molar-refractivity contribution is -0.195. The molecule has 3 aromatic carbocycles. The van der Waals surface area contributed by atoms with Crippen LogP contribution in [0.1, 0.15) is 83.1 Å². The normalized spacial score (nSPS) is 29.8. The number of aliphatic hydroxyl groups excluding tert-OH is 2. The molecule has 3 aromatic rings. The molecule has 7 rings (SSSR count). The van der Waals surface area contributed by atoms with Crippen molar-refractivity contribution >= 4 is 28.7 Å². The maximum Gasteiger partial charge on any atom is 0.203 e. The predicted molar refractivity (Wildman–Crippen MR) is 201 cm³/mol. The highest BCUT2D eigenvalue weighted by Crippen LogP contribution is 2.70. The third-order valence-corrected chi connectivity index (χ3v) is 13.3. The standard InChI is InChI=1S/C45H46O7/c1-23(2)36-39(48)34(25(4)46)41(50)45(52)42(51)37-40(49)35-33(24(3)43(37,6)26(5)44(36,45)7)20-19-32(38(35)47)22-27-13-14-31(21-27)30-17-15-29(16-18-30)28-11-9-8-10-12-28/h8-12,14-21,23-24,26,36,47,49-50,52H,13,22H2,1-7H3/t24-,26-,36?,43-,44-,45+/m1/s1. The molecule has 0 radical (unpaired) electrons. The lowest BCUT2D eigenvalue weighted by Crippen LogP contribution is -2.72. The van der Waals surface area contributed by atoms with E-state index >= 15 is 0 Å².